The number of hydrogen-bond donors (Lipinski definition) is 2. The normalized spacial score (nSPS) is 10.2. The van der Waals surface area contributed by atoms with Gasteiger partial charge in [-0.25, -0.2) is 4.39 Å². The van der Waals surface area contributed by atoms with E-state index in [1.165, 1.54) is 32.1 Å². The van der Waals surface area contributed by atoms with E-state index in [0.29, 0.717) is 23.7 Å². The number of carbonyl (C=O) groups is 2. The van der Waals surface area contributed by atoms with Crippen molar-refractivity contribution < 1.29 is 23.5 Å². The molecule has 2 amide bonds. The van der Waals surface area contributed by atoms with E-state index < -0.39 is 17.6 Å². The largest absolute Gasteiger partial charge is 0.497 e. The molecule has 0 aliphatic carbocycles. The van der Waals surface area contributed by atoms with Gasteiger partial charge in [-0.05, 0) is 42.8 Å². The molecule has 28 heavy (non-hydrogen) atoms. The molecule has 0 aliphatic heterocycles. The lowest BCUT2D eigenvalue weighted by molar-refractivity contribution is 0.0844. The Morgan fingerprint density at radius 1 is 0.929 bits per heavy atom. The van der Waals surface area contributed by atoms with Crippen molar-refractivity contribution >= 4 is 11.8 Å². The zero-order chi connectivity index (χ0) is 20.4. The van der Waals surface area contributed by atoms with Crippen LogP contribution in [0.25, 0.3) is 0 Å². The fourth-order valence-corrected chi connectivity index (χ4v) is 2.48. The van der Waals surface area contributed by atoms with Gasteiger partial charge >= 0.3 is 0 Å². The molecule has 150 valence electrons. The summed E-state index contributed by atoms with van der Waals surface area (Å²) in [6.45, 7) is 2.79. The minimum atomic E-state index is -0.763. The van der Waals surface area contributed by atoms with Gasteiger partial charge in [0, 0.05) is 11.6 Å². The first kappa shape index (κ1) is 21.2. The van der Waals surface area contributed by atoms with Crippen molar-refractivity contribution in [1.82, 2.24) is 10.9 Å². The predicted octanol–water partition coefficient (Wildman–Crippen LogP) is 3.87. The molecule has 0 heterocycles. The number of unbranched alkanes of at least 4 members (excludes halogenated alkanes) is 3. The zero-order valence-electron chi connectivity index (χ0n) is 16.1. The number of rotatable bonds is 9. The summed E-state index contributed by atoms with van der Waals surface area (Å²) in [5.74, 6) is -1.05. The van der Waals surface area contributed by atoms with Crippen LogP contribution in [0.5, 0.6) is 11.5 Å². The minimum absolute atomic E-state index is 0.201. The van der Waals surface area contributed by atoms with E-state index in [9.17, 15) is 14.0 Å². The molecule has 0 fully saturated rings. The number of ether oxygens (including phenoxy) is 2. The summed E-state index contributed by atoms with van der Waals surface area (Å²) in [5, 5.41) is 0. The van der Waals surface area contributed by atoms with E-state index in [2.05, 4.69) is 17.8 Å². The Balaban J connectivity index is 1.83. The Hall–Kier alpha value is -3.09. The van der Waals surface area contributed by atoms with Crippen molar-refractivity contribution in [3.8, 4) is 11.5 Å². The van der Waals surface area contributed by atoms with E-state index in [0.717, 1.165) is 18.9 Å². The molecule has 0 aromatic heterocycles. The maximum absolute atomic E-state index is 13.9. The highest BCUT2D eigenvalue weighted by Crippen LogP contribution is 2.16. The van der Waals surface area contributed by atoms with Crippen LogP contribution in [0.3, 0.4) is 0 Å². The van der Waals surface area contributed by atoms with Crippen LogP contribution in [0.4, 0.5) is 4.39 Å². The Kier molecular flexibility index (Phi) is 8.27. The molecule has 2 aromatic carbocycles. The quantitative estimate of drug-likeness (QED) is 0.505. The van der Waals surface area contributed by atoms with E-state index in [-0.39, 0.29) is 5.56 Å². The highest BCUT2D eigenvalue weighted by molar-refractivity contribution is 5.99. The number of hydrazine groups is 1. The van der Waals surface area contributed by atoms with Crippen LogP contribution in [0.1, 0.15) is 53.3 Å². The molecule has 6 nitrogen and oxygen atoms in total. The van der Waals surface area contributed by atoms with Crippen molar-refractivity contribution in [3.63, 3.8) is 0 Å². The summed E-state index contributed by atoms with van der Waals surface area (Å²) < 4.78 is 24.4. The highest BCUT2D eigenvalue weighted by Gasteiger charge is 2.14. The third kappa shape index (κ3) is 6.26. The molecular formula is C21H25FN2O4. The van der Waals surface area contributed by atoms with Gasteiger partial charge < -0.3 is 9.47 Å². The Bertz CT molecular complexity index is 793. The summed E-state index contributed by atoms with van der Waals surface area (Å²) in [4.78, 5) is 24.2. The molecule has 0 radical (unpaired) electrons. The highest BCUT2D eigenvalue weighted by atomic mass is 19.1. The summed E-state index contributed by atoms with van der Waals surface area (Å²) >= 11 is 0. The molecule has 0 saturated heterocycles. The number of amides is 2. The third-order valence-electron chi connectivity index (χ3n) is 4.09. The Morgan fingerprint density at radius 3 is 2.25 bits per heavy atom. The SMILES string of the molecule is CCCCCCOc1ccc(C(=O)NNC(=O)c2ccc(OC)cc2F)cc1. The second-order valence-corrected chi connectivity index (χ2v) is 6.19. The number of methoxy groups -OCH3 is 1. The standard InChI is InChI=1S/C21H25FN2O4/c1-3-4-5-6-13-28-16-9-7-15(8-10-16)20(25)23-24-21(26)18-12-11-17(27-2)14-19(18)22/h7-12,14H,3-6,13H2,1-2H3,(H,23,25)(H,24,26). The number of hydrogen-bond acceptors (Lipinski definition) is 4. The number of carbonyl (C=O) groups excluding carboxylic acids is 2. The number of nitrogens with one attached hydrogen (secondary N) is 2. The monoisotopic (exact) mass is 388 g/mol. The molecule has 0 atom stereocenters. The first-order valence-corrected chi connectivity index (χ1v) is 9.22. The van der Waals surface area contributed by atoms with Gasteiger partial charge in [-0.2, -0.15) is 0 Å². The summed E-state index contributed by atoms with van der Waals surface area (Å²) in [5.41, 5.74) is 4.60. The average molecular weight is 388 g/mol. The van der Waals surface area contributed by atoms with Crippen molar-refractivity contribution in [3.05, 3.63) is 59.4 Å². The van der Waals surface area contributed by atoms with Gasteiger partial charge in [0.2, 0.25) is 0 Å². The third-order valence-corrected chi connectivity index (χ3v) is 4.09. The van der Waals surface area contributed by atoms with Crippen LogP contribution >= 0.6 is 0 Å². The van der Waals surface area contributed by atoms with Gasteiger partial charge in [-0.3, -0.25) is 20.4 Å². The van der Waals surface area contributed by atoms with Crippen LogP contribution in [-0.2, 0) is 0 Å². The molecule has 0 aliphatic rings. The number of benzene rings is 2. The van der Waals surface area contributed by atoms with E-state index in [1.807, 2.05) is 0 Å². The van der Waals surface area contributed by atoms with Crippen molar-refractivity contribution in [2.75, 3.05) is 13.7 Å². The maximum Gasteiger partial charge on any atom is 0.272 e. The predicted molar refractivity (Wildman–Crippen MR) is 104 cm³/mol. The van der Waals surface area contributed by atoms with Gasteiger partial charge in [0.25, 0.3) is 11.8 Å². The van der Waals surface area contributed by atoms with Crippen LogP contribution in [-0.4, -0.2) is 25.5 Å². The van der Waals surface area contributed by atoms with Gasteiger partial charge in [0.1, 0.15) is 17.3 Å². The smallest absolute Gasteiger partial charge is 0.272 e. The lowest BCUT2D eigenvalue weighted by Crippen LogP contribution is -2.41. The van der Waals surface area contributed by atoms with Crippen LogP contribution in [0, 0.1) is 5.82 Å². The fourth-order valence-electron chi connectivity index (χ4n) is 2.48. The summed E-state index contributed by atoms with van der Waals surface area (Å²) in [7, 11) is 1.40. The van der Waals surface area contributed by atoms with Crippen LogP contribution < -0.4 is 20.3 Å². The molecule has 7 heteroatoms. The topological polar surface area (TPSA) is 76.7 Å². The van der Waals surface area contributed by atoms with E-state index >= 15 is 0 Å². The second-order valence-electron chi connectivity index (χ2n) is 6.19. The van der Waals surface area contributed by atoms with Gasteiger partial charge in [0.05, 0.1) is 19.3 Å². The molecular weight excluding hydrogens is 363 g/mol. The fraction of sp³-hybridized carbons (Fsp3) is 0.333. The Morgan fingerprint density at radius 2 is 1.61 bits per heavy atom. The number of halogens is 1. The van der Waals surface area contributed by atoms with E-state index in [4.69, 9.17) is 9.47 Å². The molecule has 0 saturated carbocycles. The average Bonchev–Trinajstić information content (AvgIpc) is 2.72. The summed E-state index contributed by atoms with van der Waals surface area (Å²) in [6, 6.07) is 10.4. The molecule has 0 unspecified atom stereocenters. The first-order chi connectivity index (χ1) is 13.5. The van der Waals surface area contributed by atoms with Crippen molar-refractivity contribution in [2.45, 2.75) is 32.6 Å². The van der Waals surface area contributed by atoms with Gasteiger partial charge in [0.15, 0.2) is 0 Å². The Labute approximate surface area is 164 Å². The van der Waals surface area contributed by atoms with Gasteiger partial charge in [-0.15, -0.1) is 0 Å². The first-order valence-electron chi connectivity index (χ1n) is 9.22. The van der Waals surface area contributed by atoms with Crippen LogP contribution in [0.2, 0.25) is 0 Å². The van der Waals surface area contributed by atoms with Crippen LogP contribution in [0.15, 0.2) is 42.5 Å². The molecule has 2 N–H and O–H groups in total. The maximum atomic E-state index is 13.9. The lowest BCUT2D eigenvalue weighted by atomic mass is 10.2. The minimum Gasteiger partial charge on any atom is -0.497 e. The molecule has 2 rings (SSSR count). The molecule has 0 spiro atoms. The lowest BCUT2D eigenvalue weighted by Gasteiger charge is -2.10. The molecule has 2 aromatic rings. The zero-order valence-corrected chi connectivity index (χ0v) is 16.1. The summed E-state index contributed by atoms with van der Waals surface area (Å²) in [6.07, 6.45) is 4.48. The molecule has 0 bridgehead atoms. The van der Waals surface area contributed by atoms with Gasteiger partial charge in [-0.1, -0.05) is 26.2 Å². The second kappa shape index (κ2) is 10.9. The van der Waals surface area contributed by atoms with Crippen molar-refractivity contribution in [1.29, 1.82) is 0 Å². The van der Waals surface area contributed by atoms with E-state index in [1.54, 1.807) is 24.3 Å². The van der Waals surface area contributed by atoms with Crippen molar-refractivity contribution in [2.24, 2.45) is 0 Å².